The van der Waals surface area contributed by atoms with E-state index in [9.17, 15) is 18.0 Å². The molecule has 1 aromatic carbocycles. The summed E-state index contributed by atoms with van der Waals surface area (Å²) < 4.78 is 40.2. The predicted octanol–water partition coefficient (Wildman–Crippen LogP) is 5.01. The van der Waals surface area contributed by atoms with Crippen molar-refractivity contribution < 1.29 is 22.7 Å². The molecule has 1 amide bonds. The van der Waals surface area contributed by atoms with Gasteiger partial charge >= 0.3 is 6.36 Å². The minimum Gasteiger partial charge on any atom is -0.406 e. The molecule has 2 heterocycles. The zero-order chi connectivity index (χ0) is 18.7. The summed E-state index contributed by atoms with van der Waals surface area (Å²) in [7, 11) is 0. The molecular formula is C17H13F3N2O2S2. The van der Waals surface area contributed by atoms with Gasteiger partial charge in [0.05, 0.1) is 17.1 Å². The van der Waals surface area contributed by atoms with Gasteiger partial charge < -0.3 is 10.1 Å². The number of benzene rings is 1. The monoisotopic (exact) mass is 398 g/mol. The molecule has 0 spiro atoms. The number of amides is 1. The van der Waals surface area contributed by atoms with Gasteiger partial charge in [-0.05, 0) is 42.6 Å². The lowest BCUT2D eigenvalue weighted by atomic mass is 10.2. The van der Waals surface area contributed by atoms with Gasteiger partial charge in [0.25, 0.3) is 5.91 Å². The number of hydrogen-bond donors (Lipinski definition) is 1. The molecule has 0 saturated carbocycles. The number of hydrogen-bond acceptors (Lipinski definition) is 5. The van der Waals surface area contributed by atoms with Crippen LogP contribution in [0.2, 0.25) is 0 Å². The van der Waals surface area contributed by atoms with Crippen LogP contribution >= 0.6 is 22.7 Å². The zero-order valence-corrected chi connectivity index (χ0v) is 15.1. The van der Waals surface area contributed by atoms with E-state index >= 15 is 0 Å². The molecular weight excluding hydrogens is 385 g/mol. The first-order valence-electron chi connectivity index (χ1n) is 7.46. The van der Waals surface area contributed by atoms with Crippen LogP contribution in [0.15, 0.2) is 41.8 Å². The minimum absolute atomic E-state index is 0.250. The first-order chi connectivity index (χ1) is 12.3. The third-order valence-corrected chi connectivity index (χ3v) is 5.58. The molecule has 0 saturated heterocycles. The maximum Gasteiger partial charge on any atom is 0.573 e. The highest BCUT2D eigenvalue weighted by Crippen LogP contribution is 2.31. The maximum absolute atomic E-state index is 12.2. The molecule has 26 heavy (non-hydrogen) atoms. The highest BCUT2D eigenvalue weighted by Gasteiger charge is 2.31. The zero-order valence-electron chi connectivity index (χ0n) is 13.5. The number of nitrogens with zero attached hydrogens (tertiary/aromatic N) is 1. The number of nitrogens with one attached hydrogen (secondary N) is 1. The highest BCUT2D eigenvalue weighted by atomic mass is 32.1. The Morgan fingerprint density at radius 1 is 1.23 bits per heavy atom. The summed E-state index contributed by atoms with van der Waals surface area (Å²) >= 11 is 3.10. The van der Waals surface area contributed by atoms with Gasteiger partial charge in [-0.15, -0.1) is 35.8 Å². The van der Waals surface area contributed by atoms with Crippen molar-refractivity contribution in [3.8, 4) is 15.6 Å². The summed E-state index contributed by atoms with van der Waals surface area (Å²) in [6, 6.07) is 8.71. The molecule has 0 aliphatic carbocycles. The fourth-order valence-electron chi connectivity index (χ4n) is 2.17. The first-order valence-corrected chi connectivity index (χ1v) is 9.15. The van der Waals surface area contributed by atoms with E-state index in [1.54, 1.807) is 11.3 Å². The van der Waals surface area contributed by atoms with Gasteiger partial charge in [-0.2, -0.15) is 0 Å². The summed E-state index contributed by atoms with van der Waals surface area (Å²) in [6.45, 7) is 2.17. The average molecular weight is 398 g/mol. The van der Waals surface area contributed by atoms with Crippen LogP contribution in [-0.4, -0.2) is 17.3 Å². The quantitative estimate of drug-likeness (QED) is 0.657. The molecule has 2 aromatic heterocycles. The molecule has 0 radical (unpaired) electrons. The van der Waals surface area contributed by atoms with Crippen LogP contribution in [0.25, 0.3) is 9.88 Å². The fourth-order valence-corrected chi connectivity index (χ4v) is 3.97. The SMILES string of the molecule is Cc1nc(-c2cccs2)sc1CNC(=O)c1ccc(OC(F)(F)F)cc1. The van der Waals surface area contributed by atoms with Gasteiger partial charge in [0.2, 0.25) is 0 Å². The first kappa shape index (κ1) is 18.4. The Balaban J connectivity index is 1.62. The number of rotatable bonds is 5. The summed E-state index contributed by atoms with van der Waals surface area (Å²) in [5.41, 5.74) is 1.09. The highest BCUT2D eigenvalue weighted by molar-refractivity contribution is 7.21. The third kappa shape index (κ3) is 4.61. The molecule has 3 aromatic rings. The van der Waals surface area contributed by atoms with Crippen LogP contribution in [0.5, 0.6) is 5.75 Å². The summed E-state index contributed by atoms with van der Waals surface area (Å²) in [4.78, 5) is 18.7. The van der Waals surface area contributed by atoms with Crippen molar-refractivity contribution in [2.24, 2.45) is 0 Å². The van der Waals surface area contributed by atoms with Gasteiger partial charge in [-0.3, -0.25) is 4.79 Å². The molecule has 0 unspecified atom stereocenters. The molecule has 1 N–H and O–H groups in total. The number of aromatic nitrogens is 1. The second kappa shape index (κ2) is 7.46. The van der Waals surface area contributed by atoms with Crippen molar-refractivity contribution in [1.29, 1.82) is 0 Å². The number of carbonyl (C=O) groups is 1. The Labute approximate surface area is 155 Å². The lowest BCUT2D eigenvalue weighted by Crippen LogP contribution is -2.22. The number of aryl methyl sites for hydroxylation is 1. The van der Waals surface area contributed by atoms with Gasteiger partial charge in [-0.25, -0.2) is 4.98 Å². The number of thiophene rings is 1. The van der Waals surface area contributed by atoms with E-state index in [0.29, 0.717) is 6.54 Å². The van der Waals surface area contributed by atoms with Crippen molar-refractivity contribution in [2.75, 3.05) is 0 Å². The van der Waals surface area contributed by atoms with Crippen LogP contribution in [0.3, 0.4) is 0 Å². The van der Waals surface area contributed by atoms with Crippen LogP contribution in [0, 0.1) is 6.92 Å². The molecule has 4 nitrogen and oxygen atoms in total. The van der Waals surface area contributed by atoms with E-state index in [1.807, 2.05) is 24.4 Å². The minimum atomic E-state index is -4.76. The van der Waals surface area contributed by atoms with Crippen LogP contribution in [-0.2, 0) is 6.54 Å². The lowest BCUT2D eigenvalue weighted by Gasteiger charge is -2.09. The van der Waals surface area contributed by atoms with E-state index < -0.39 is 6.36 Å². The number of ether oxygens (including phenoxy) is 1. The van der Waals surface area contributed by atoms with Crippen molar-refractivity contribution in [1.82, 2.24) is 10.3 Å². The van der Waals surface area contributed by atoms with E-state index in [2.05, 4.69) is 15.0 Å². The third-order valence-electron chi connectivity index (χ3n) is 3.38. The number of carbonyl (C=O) groups excluding carboxylic acids is 1. The Hall–Kier alpha value is -2.39. The Bertz CT molecular complexity index is 888. The lowest BCUT2D eigenvalue weighted by molar-refractivity contribution is -0.274. The van der Waals surface area contributed by atoms with Crippen LogP contribution in [0.4, 0.5) is 13.2 Å². The second-order valence-corrected chi connectivity index (χ2v) is 7.29. The van der Waals surface area contributed by atoms with Crippen molar-refractivity contribution in [2.45, 2.75) is 19.8 Å². The Morgan fingerprint density at radius 3 is 2.58 bits per heavy atom. The number of thiazole rings is 1. The number of halogens is 3. The van der Waals surface area contributed by atoms with E-state index in [0.717, 1.165) is 32.6 Å². The normalized spacial score (nSPS) is 11.4. The van der Waals surface area contributed by atoms with Gasteiger partial charge in [-0.1, -0.05) is 6.07 Å². The van der Waals surface area contributed by atoms with Crippen molar-refractivity contribution in [3.63, 3.8) is 0 Å². The molecule has 0 bridgehead atoms. The topological polar surface area (TPSA) is 51.2 Å². The largest absolute Gasteiger partial charge is 0.573 e. The van der Waals surface area contributed by atoms with Gasteiger partial charge in [0.15, 0.2) is 0 Å². The van der Waals surface area contributed by atoms with Crippen LogP contribution < -0.4 is 10.1 Å². The van der Waals surface area contributed by atoms with E-state index in [4.69, 9.17) is 0 Å². The van der Waals surface area contributed by atoms with Gasteiger partial charge in [0, 0.05) is 10.4 Å². The molecule has 0 atom stereocenters. The van der Waals surface area contributed by atoms with Crippen molar-refractivity contribution >= 4 is 28.6 Å². The summed E-state index contributed by atoms with van der Waals surface area (Å²) in [6.07, 6.45) is -4.76. The molecule has 136 valence electrons. The summed E-state index contributed by atoms with van der Waals surface area (Å²) in [5, 5.41) is 5.62. The predicted molar refractivity (Wildman–Crippen MR) is 94.5 cm³/mol. The van der Waals surface area contributed by atoms with Crippen molar-refractivity contribution in [3.05, 3.63) is 57.9 Å². The number of alkyl halides is 3. The van der Waals surface area contributed by atoms with Gasteiger partial charge in [0.1, 0.15) is 10.8 Å². The Morgan fingerprint density at radius 2 is 1.96 bits per heavy atom. The maximum atomic E-state index is 12.2. The van der Waals surface area contributed by atoms with Crippen LogP contribution in [0.1, 0.15) is 20.9 Å². The molecule has 9 heteroatoms. The average Bonchev–Trinajstić information content (AvgIpc) is 3.21. The molecule has 0 aliphatic rings. The Kier molecular flexibility index (Phi) is 5.28. The van der Waals surface area contributed by atoms with E-state index in [1.165, 1.54) is 23.5 Å². The fraction of sp³-hybridized carbons (Fsp3) is 0.176. The van der Waals surface area contributed by atoms with E-state index in [-0.39, 0.29) is 17.2 Å². The summed E-state index contributed by atoms with van der Waals surface area (Å²) in [5.74, 6) is -0.748. The standard InChI is InChI=1S/C17H13F3N2O2S2/c1-10-14(26-16(22-10)13-3-2-8-25-13)9-21-15(23)11-4-6-12(7-5-11)24-17(18,19)20/h2-8H,9H2,1H3,(H,21,23). The smallest absolute Gasteiger partial charge is 0.406 e. The second-order valence-electron chi connectivity index (χ2n) is 5.26. The molecule has 0 aliphatic heterocycles. The molecule has 3 rings (SSSR count). The molecule has 0 fully saturated rings.